The first-order valence-electron chi connectivity index (χ1n) is 5.54. The van der Waals surface area contributed by atoms with Gasteiger partial charge in [0, 0.05) is 6.42 Å². The zero-order valence-electron chi connectivity index (χ0n) is 9.61. The molecule has 1 aromatic heterocycles. The summed E-state index contributed by atoms with van der Waals surface area (Å²) in [6.45, 7) is 2.02. The first-order chi connectivity index (χ1) is 8.24. The molecule has 0 saturated heterocycles. The minimum atomic E-state index is -0.266. The van der Waals surface area contributed by atoms with Crippen LogP contribution in [-0.4, -0.2) is 0 Å². The molecule has 0 saturated carbocycles. The van der Waals surface area contributed by atoms with Crippen LogP contribution in [-0.2, 0) is 6.42 Å². The van der Waals surface area contributed by atoms with E-state index in [1.54, 1.807) is 12.1 Å². The second-order valence-electron chi connectivity index (χ2n) is 3.81. The largest absolute Gasteiger partial charge is 0.464 e. The third-order valence-electron chi connectivity index (χ3n) is 2.69. The number of benzene rings is 1. The molecule has 0 aliphatic carbocycles. The molecular formula is C13H15FN2O. The van der Waals surface area contributed by atoms with Gasteiger partial charge in [-0.15, -0.1) is 0 Å². The van der Waals surface area contributed by atoms with Crippen molar-refractivity contribution >= 4 is 0 Å². The molecule has 0 bridgehead atoms. The molecule has 90 valence electrons. The maximum atomic E-state index is 12.8. The van der Waals surface area contributed by atoms with E-state index in [1.165, 1.54) is 12.1 Å². The van der Waals surface area contributed by atoms with Crippen molar-refractivity contribution < 1.29 is 8.81 Å². The molecule has 3 N–H and O–H groups in total. The normalized spacial score (nSPS) is 12.6. The van der Waals surface area contributed by atoms with Crippen LogP contribution in [0.25, 0.3) is 0 Å². The van der Waals surface area contributed by atoms with Gasteiger partial charge in [-0.1, -0.05) is 19.1 Å². The minimum Gasteiger partial charge on any atom is -0.464 e. The number of hydrogen-bond acceptors (Lipinski definition) is 3. The van der Waals surface area contributed by atoms with E-state index in [0.29, 0.717) is 0 Å². The summed E-state index contributed by atoms with van der Waals surface area (Å²) in [5.41, 5.74) is 3.54. The van der Waals surface area contributed by atoms with Crippen LogP contribution in [0.4, 0.5) is 4.39 Å². The molecule has 0 aliphatic heterocycles. The molecule has 0 fully saturated rings. The molecule has 1 aromatic carbocycles. The first kappa shape index (κ1) is 11.8. The van der Waals surface area contributed by atoms with E-state index in [2.05, 4.69) is 5.43 Å². The van der Waals surface area contributed by atoms with Gasteiger partial charge < -0.3 is 4.42 Å². The fourth-order valence-electron chi connectivity index (χ4n) is 1.74. The highest BCUT2D eigenvalue weighted by Gasteiger charge is 2.16. The SMILES string of the molecule is CCc1ccc(C(NN)c2ccc(F)cc2)o1. The molecule has 3 nitrogen and oxygen atoms in total. The average molecular weight is 234 g/mol. The number of nitrogens with two attached hydrogens (primary N) is 1. The molecule has 0 aliphatic rings. The zero-order valence-corrected chi connectivity index (χ0v) is 9.61. The summed E-state index contributed by atoms with van der Waals surface area (Å²) in [7, 11) is 0. The van der Waals surface area contributed by atoms with Crippen LogP contribution < -0.4 is 11.3 Å². The van der Waals surface area contributed by atoms with Gasteiger partial charge >= 0.3 is 0 Å². The molecule has 1 unspecified atom stereocenters. The molecule has 2 rings (SSSR count). The summed E-state index contributed by atoms with van der Waals surface area (Å²) in [5.74, 6) is 6.89. The van der Waals surface area contributed by atoms with Gasteiger partial charge in [-0.05, 0) is 29.8 Å². The predicted octanol–water partition coefficient (Wildman–Crippen LogP) is 2.53. The molecule has 17 heavy (non-hydrogen) atoms. The third-order valence-corrected chi connectivity index (χ3v) is 2.69. The lowest BCUT2D eigenvalue weighted by Gasteiger charge is -2.13. The Morgan fingerprint density at radius 3 is 2.47 bits per heavy atom. The first-order valence-corrected chi connectivity index (χ1v) is 5.54. The highest BCUT2D eigenvalue weighted by molar-refractivity contribution is 5.27. The molecular weight excluding hydrogens is 219 g/mol. The fourth-order valence-corrected chi connectivity index (χ4v) is 1.74. The van der Waals surface area contributed by atoms with E-state index in [1.807, 2.05) is 19.1 Å². The van der Waals surface area contributed by atoms with Gasteiger partial charge in [0.2, 0.25) is 0 Å². The topological polar surface area (TPSA) is 51.2 Å². The Morgan fingerprint density at radius 2 is 1.94 bits per heavy atom. The standard InChI is InChI=1S/C13H15FN2O/c1-2-11-7-8-12(17-11)13(16-15)9-3-5-10(14)6-4-9/h3-8,13,16H,2,15H2,1H3. The van der Waals surface area contributed by atoms with Crippen molar-refractivity contribution in [2.75, 3.05) is 0 Å². The van der Waals surface area contributed by atoms with E-state index >= 15 is 0 Å². The molecule has 1 heterocycles. The third kappa shape index (κ3) is 2.54. The predicted molar refractivity (Wildman–Crippen MR) is 63.7 cm³/mol. The van der Waals surface area contributed by atoms with Crippen molar-refractivity contribution in [1.29, 1.82) is 0 Å². The van der Waals surface area contributed by atoms with Gasteiger partial charge in [0.15, 0.2) is 0 Å². The molecule has 0 spiro atoms. The second kappa shape index (κ2) is 5.12. The lowest BCUT2D eigenvalue weighted by atomic mass is 10.1. The van der Waals surface area contributed by atoms with Gasteiger partial charge in [0.05, 0.1) is 0 Å². The fraction of sp³-hybridized carbons (Fsp3) is 0.231. The average Bonchev–Trinajstić information content (AvgIpc) is 2.81. The second-order valence-corrected chi connectivity index (χ2v) is 3.81. The Morgan fingerprint density at radius 1 is 1.24 bits per heavy atom. The Balaban J connectivity index is 2.29. The summed E-state index contributed by atoms with van der Waals surface area (Å²) in [6, 6.07) is 9.74. The maximum absolute atomic E-state index is 12.8. The van der Waals surface area contributed by atoms with Crippen LogP contribution in [0.15, 0.2) is 40.8 Å². The molecule has 1 atom stereocenters. The summed E-state index contributed by atoms with van der Waals surface area (Å²) in [4.78, 5) is 0. The maximum Gasteiger partial charge on any atom is 0.126 e. The lowest BCUT2D eigenvalue weighted by Crippen LogP contribution is -2.28. The van der Waals surface area contributed by atoms with Crippen LogP contribution in [0.5, 0.6) is 0 Å². The summed E-state index contributed by atoms with van der Waals surface area (Å²) in [6.07, 6.45) is 0.834. The number of hydrazine groups is 1. The van der Waals surface area contributed by atoms with Crippen molar-refractivity contribution in [3.05, 3.63) is 59.3 Å². The Kier molecular flexibility index (Phi) is 3.56. The van der Waals surface area contributed by atoms with E-state index in [4.69, 9.17) is 10.3 Å². The van der Waals surface area contributed by atoms with E-state index in [-0.39, 0.29) is 11.9 Å². The highest BCUT2D eigenvalue weighted by Crippen LogP contribution is 2.23. The molecule has 2 aromatic rings. The number of hydrogen-bond donors (Lipinski definition) is 2. The zero-order chi connectivity index (χ0) is 12.3. The van der Waals surface area contributed by atoms with Crippen LogP contribution in [0.2, 0.25) is 0 Å². The summed E-state index contributed by atoms with van der Waals surface area (Å²) in [5, 5.41) is 0. The minimum absolute atomic E-state index is 0.254. The van der Waals surface area contributed by atoms with E-state index in [9.17, 15) is 4.39 Å². The van der Waals surface area contributed by atoms with Gasteiger partial charge in [0.25, 0.3) is 0 Å². The van der Waals surface area contributed by atoms with Gasteiger partial charge in [-0.3, -0.25) is 5.84 Å². The number of rotatable bonds is 4. The van der Waals surface area contributed by atoms with Gasteiger partial charge in [-0.25, -0.2) is 9.82 Å². The van der Waals surface area contributed by atoms with Crippen LogP contribution >= 0.6 is 0 Å². The van der Waals surface area contributed by atoms with E-state index in [0.717, 1.165) is 23.5 Å². The molecule has 4 heteroatoms. The van der Waals surface area contributed by atoms with E-state index < -0.39 is 0 Å². The van der Waals surface area contributed by atoms with Gasteiger partial charge in [0.1, 0.15) is 23.4 Å². The quantitative estimate of drug-likeness (QED) is 0.631. The Labute approximate surface area is 99.4 Å². The Bertz CT molecular complexity index is 478. The van der Waals surface area contributed by atoms with Crippen molar-refractivity contribution in [2.24, 2.45) is 5.84 Å². The van der Waals surface area contributed by atoms with Crippen LogP contribution in [0, 0.1) is 5.82 Å². The number of nitrogens with one attached hydrogen (secondary N) is 1. The van der Waals surface area contributed by atoms with Crippen molar-refractivity contribution in [3.63, 3.8) is 0 Å². The van der Waals surface area contributed by atoms with Crippen molar-refractivity contribution in [3.8, 4) is 0 Å². The molecule has 0 radical (unpaired) electrons. The smallest absolute Gasteiger partial charge is 0.126 e. The van der Waals surface area contributed by atoms with Crippen LogP contribution in [0.1, 0.15) is 30.0 Å². The monoisotopic (exact) mass is 234 g/mol. The highest BCUT2D eigenvalue weighted by atomic mass is 19.1. The number of halogens is 1. The van der Waals surface area contributed by atoms with Crippen LogP contribution in [0.3, 0.4) is 0 Å². The summed E-state index contributed by atoms with van der Waals surface area (Å²) < 4.78 is 18.5. The van der Waals surface area contributed by atoms with Crippen molar-refractivity contribution in [2.45, 2.75) is 19.4 Å². The number of furan rings is 1. The Hall–Kier alpha value is -1.65. The number of aryl methyl sites for hydroxylation is 1. The molecule has 0 amide bonds. The lowest BCUT2D eigenvalue weighted by molar-refractivity contribution is 0.425. The van der Waals surface area contributed by atoms with Gasteiger partial charge in [-0.2, -0.15) is 0 Å². The van der Waals surface area contributed by atoms with Crippen molar-refractivity contribution in [1.82, 2.24) is 5.43 Å². The summed E-state index contributed by atoms with van der Waals surface area (Å²) >= 11 is 0.